The molecule has 25 heavy (non-hydrogen) atoms. The van der Waals surface area contributed by atoms with Crippen molar-refractivity contribution in [2.75, 3.05) is 13.1 Å². The summed E-state index contributed by atoms with van der Waals surface area (Å²) in [5.74, 6) is -1.77. The van der Waals surface area contributed by atoms with Gasteiger partial charge in [0.05, 0.1) is 0 Å². The summed E-state index contributed by atoms with van der Waals surface area (Å²) in [5.41, 5.74) is 0.302. The first kappa shape index (κ1) is 16.9. The maximum atomic E-state index is 13.0. The quantitative estimate of drug-likeness (QED) is 0.916. The molecule has 0 spiro atoms. The average molecular weight is 344 g/mol. The largest absolute Gasteiger partial charge is 0.480 e. The number of nitrogens with zero attached hydrogens (tertiary/aromatic N) is 2. The summed E-state index contributed by atoms with van der Waals surface area (Å²) in [6, 6.07) is 9.09. The monoisotopic (exact) mass is 344 g/mol. The summed E-state index contributed by atoms with van der Waals surface area (Å²) in [5, 5.41) is 8.83. The molecular weight excluding hydrogens is 327 g/mol. The maximum Gasteiger partial charge on any atom is 0.323 e. The highest BCUT2D eigenvalue weighted by molar-refractivity contribution is 5.94. The van der Waals surface area contributed by atoms with E-state index in [0.717, 1.165) is 16.6 Å². The van der Waals surface area contributed by atoms with E-state index in [1.807, 2.05) is 0 Å². The van der Waals surface area contributed by atoms with Crippen LogP contribution in [0.2, 0.25) is 0 Å². The lowest BCUT2D eigenvalue weighted by Crippen LogP contribution is -2.36. The summed E-state index contributed by atoms with van der Waals surface area (Å²) in [6.45, 7) is 0.448. The van der Waals surface area contributed by atoms with Gasteiger partial charge in [0.2, 0.25) is 0 Å². The minimum Gasteiger partial charge on any atom is -0.480 e. The summed E-state index contributed by atoms with van der Waals surface area (Å²) < 4.78 is 14.0. The smallest absolute Gasteiger partial charge is 0.323 e. The van der Waals surface area contributed by atoms with Crippen LogP contribution in [0.4, 0.5) is 4.39 Å². The number of amides is 1. The van der Waals surface area contributed by atoms with Gasteiger partial charge in [-0.3, -0.25) is 14.4 Å². The fraction of sp³-hybridized carbons (Fsp3) is 0.278. The molecule has 130 valence electrons. The van der Waals surface area contributed by atoms with Crippen molar-refractivity contribution in [3.8, 4) is 0 Å². The molecule has 1 aromatic carbocycles. The number of carbonyl (C=O) groups is 2. The zero-order valence-electron chi connectivity index (χ0n) is 13.4. The molecule has 0 bridgehead atoms. The number of carboxylic acid groups (broad SMARTS) is 1. The molecule has 1 amide bonds. The summed E-state index contributed by atoms with van der Waals surface area (Å²) in [7, 11) is 0. The number of carbonyl (C=O) groups excluding carboxylic acids is 1. The van der Waals surface area contributed by atoms with E-state index in [4.69, 9.17) is 5.11 Å². The molecule has 1 aliphatic heterocycles. The lowest BCUT2D eigenvalue weighted by atomic mass is 9.99. The van der Waals surface area contributed by atoms with Crippen LogP contribution in [0, 0.1) is 5.82 Å². The molecule has 1 unspecified atom stereocenters. The molecule has 1 fully saturated rings. The van der Waals surface area contributed by atoms with E-state index in [1.165, 1.54) is 30.5 Å². The van der Waals surface area contributed by atoms with E-state index in [2.05, 4.69) is 0 Å². The number of rotatable bonds is 4. The van der Waals surface area contributed by atoms with Crippen LogP contribution in [0.5, 0.6) is 0 Å². The molecule has 2 aromatic rings. The Hall–Kier alpha value is -2.96. The van der Waals surface area contributed by atoms with Crippen LogP contribution in [0.15, 0.2) is 47.4 Å². The van der Waals surface area contributed by atoms with Gasteiger partial charge in [0.25, 0.3) is 11.5 Å². The molecule has 1 saturated heterocycles. The van der Waals surface area contributed by atoms with E-state index in [0.29, 0.717) is 13.1 Å². The van der Waals surface area contributed by atoms with Gasteiger partial charge in [-0.2, -0.15) is 0 Å². The standard InChI is InChI=1S/C18H17FN2O4/c19-14-5-3-12(4-6-14)13-7-9-21(10-13)18(25)15-2-1-8-20(17(15)24)11-16(22)23/h1-6,8,13H,7,9-11H2,(H,22,23). The van der Waals surface area contributed by atoms with Crippen molar-refractivity contribution in [1.29, 1.82) is 0 Å². The van der Waals surface area contributed by atoms with Crippen LogP contribution in [0.25, 0.3) is 0 Å². The fourth-order valence-electron chi connectivity index (χ4n) is 3.09. The van der Waals surface area contributed by atoms with Gasteiger partial charge in [-0.25, -0.2) is 4.39 Å². The van der Waals surface area contributed by atoms with Gasteiger partial charge in [-0.1, -0.05) is 12.1 Å². The van der Waals surface area contributed by atoms with Crippen molar-refractivity contribution in [2.45, 2.75) is 18.9 Å². The van der Waals surface area contributed by atoms with Crippen LogP contribution < -0.4 is 5.56 Å². The van der Waals surface area contributed by atoms with Crippen LogP contribution in [-0.4, -0.2) is 39.5 Å². The third-order valence-corrected chi connectivity index (χ3v) is 4.37. The lowest BCUT2D eigenvalue weighted by molar-refractivity contribution is -0.137. The number of pyridine rings is 1. The molecule has 2 heterocycles. The molecule has 1 aliphatic rings. The van der Waals surface area contributed by atoms with Gasteiger partial charge in [-0.15, -0.1) is 0 Å². The minimum atomic E-state index is -1.15. The fourth-order valence-corrected chi connectivity index (χ4v) is 3.09. The van der Waals surface area contributed by atoms with E-state index in [9.17, 15) is 18.8 Å². The van der Waals surface area contributed by atoms with Crippen molar-refractivity contribution < 1.29 is 19.1 Å². The Morgan fingerprint density at radius 3 is 2.60 bits per heavy atom. The van der Waals surface area contributed by atoms with Crippen molar-refractivity contribution in [1.82, 2.24) is 9.47 Å². The summed E-state index contributed by atoms with van der Waals surface area (Å²) in [6.07, 6.45) is 2.08. The zero-order chi connectivity index (χ0) is 18.0. The second-order valence-corrected chi connectivity index (χ2v) is 6.04. The molecule has 0 aliphatic carbocycles. The number of hydrogen-bond acceptors (Lipinski definition) is 3. The Bertz CT molecular complexity index is 860. The third-order valence-electron chi connectivity index (χ3n) is 4.37. The highest BCUT2D eigenvalue weighted by Gasteiger charge is 2.29. The number of aromatic nitrogens is 1. The molecule has 1 atom stereocenters. The van der Waals surface area contributed by atoms with Gasteiger partial charge in [0.15, 0.2) is 0 Å². The van der Waals surface area contributed by atoms with E-state index in [1.54, 1.807) is 17.0 Å². The highest BCUT2D eigenvalue weighted by atomic mass is 19.1. The van der Waals surface area contributed by atoms with Crippen LogP contribution >= 0.6 is 0 Å². The predicted octanol–water partition coefficient (Wildman–Crippen LogP) is 1.70. The molecule has 6 nitrogen and oxygen atoms in total. The number of likely N-dealkylation sites (tertiary alicyclic amines) is 1. The first-order valence-electron chi connectivity index (χ1n) is 7.91. The normalized spacial score (nSPS) is 16.8. The maximum absolute atomic E-state index is 13.0. The summed E-state index contributed by atoms with van der Waals surface area (Å²) >= 11 is 0. The summed E-state index contributed by atoms with van der Waals surface area (Å²) in [4.78, 5) is 37.3. The van der Waals surface area contributed by atoms with Crippen LogP contribution in [0.3, 0.4) is 0 Å². The number of aliphatic carboxylic acids is 1. The molecule has 0 saturated carbocycles. The Balaban J connectivity index is 1.77. The van der Waals surface area contributed by atoms with Crippen molar-refractivity contribution in [2.24, 2.45) is 0 Å². The van der Waals surface area contributed by atoms with E-state index >= 15 is 0 Å². The highest BCUT2D eigenvalue weighted by Crippen LogP contribution is 2.27. The molecule has 0 radical (unpaired) electrons. The lowest BCUT2D eigenvalue weighted by Gasteiger charge is -2.17. The second-order valence-electron chi connectivity index (χ2n) is 6.04. The van der Waals surface area contributed by atoms with Gasteiger partial charge in [0, 0.05) is 25.2 Å². The molecule has 3 rings (SSSR count). The molecule has 1 aromatic heterocycles. The molecular formula is C18H17FN2O4. The minimum absolute atomic E-state index is 0.0384. The van der Waals surface area contributed by atoms with Crippen LogP contribution in [-0.2, 0) is 11.3 Å². The third kappa shape index (κ3) is 3.60. The average Bonchev–Trinajstić information content (AvgIpc) is 3.06. The Labute approximate surface area is 143 Å². The van der Waals surface area contributed by atoms with Crippen molar-refractivity contribution in [3.05, 3.63) is 69.9 Å². The molecule has 7 heteroatoms. The Morgan fingerprint density at radius 2 is 1.92 bits per heavy atom. The number of benzene rings is 1. The van der Waals surface area contributed by atoms with Crippen molar-refractivity contribution in [3.63, 3.8) is 0 Å². The first-order chi connectivity index (χ1) is 12.0. The van der Waals surface area contributed by atoms with Gasteiger partial charge >= 0.3 is 5.97 Å². The number of halogens is 1. The first-order valence-corrected chi connectivity index (χ1v) is 7.91. The topological polar surface area (TPSA) is 79.6 Å². The van der Waals surface area contributed by atoms with Gasteiger partial charge in [0.1, 0.15) is 17.9 Å². The number of carboxylic acids is 1. The van der Waals surface area contributed by atoms with E-state index in [-0.39, 0.29) is 17.3 Å². The SMILES string of the molecule is O=C(O)Cn1cccc(C(=O)N2CCC(c3ccc(F)cc3)C2)c1=O. The zero-order valence-corrected chi connectivity index (χ0v) is 13.4. The Kier molecular flexibility index (Phi) is 4.65. The second kappa shape index (κ2) is 6.88. The van der Waals surface area contributed by atoms with E-state index < -0.39 is 24.0 Å². The van der Waals surface area contributed by atoms with Crippen molar-refractivity contribution >= 4 is 11.9 Å². The number of hydrogen-bond donors (Lipinski definition) is 1. The molecule has 1 N–H and O–H groups in total. The van der Waals surface area contributed by atoms with Gasteiger partial charge < -0.3 is 14.6 Å². The van der Waals surface area contributed by atoms with Gasteiger partial charge in [-0.05, 0) is 36.2 Å². The predicted molar refractivity (Wildman–Crippen MR) is 88.0 cm³/mol. The van der Waals surface area contributed by atoms with Crippen LogP contribution in [0.1, 0.15) is 28.3 Å². The Morgan fingerprint density at radius 1 is 1.20 bits per heavy atom.